The lowest BCUT2D eigenvalue weighted by atomic mass is 10.0. The molecule has 0 amide bonds. The summed E-state index contributed by atoms with van der Waals surface area (Å²) in [5, 5.41) is 6.90. The highest BCUT2D eigenvalue weighted by molar-refractivity contribution is 5.20. The van der Waals surface area contributed by atoms with Gasteiger partial charge < -0.3 is 14.6 Å². The number of nitrogens with one attached hydrogen (secondary N) is 1. The molecule has 78 valence electrons. The molecule has 1 aromatic rings. The zero-order valence-corrected chi connectivity index (χ0v) is 8.49. The number of anilines is 1. The van der Waals surface area contributed by atoms with Crippen molar-refractivity contribution in [2.75, 3.05) is 18.5 Å². The Morgan fingerprint density at radius 2 is 2.43 bits per heavy atom. The van der Waals surface area contributed by atoms with Crippen LogP contribution in [-0.4, -0.2) is 29.4 Å². The van der Waals surface area contributed by atoms with E-state index in [1.807, 2.05) is 0 Å². The Morgan fingerprint density at radius 1 is 1.57 bits per heavy atom. The molecule has 5 heteroatoms. The van der Waals surface area contributed by atoms with Crippen LogP contribution in [0.3, 0.4) is 0 Å². The molecule has 1 saturated heterocycles. The number of hydrogen-bond acceptors (Lipinski definition) is 5. The lowest BCUT2D eigenvalue weighted by Gasteiger charge is -2.17. The molecular formula is C9H15N3O2. The molecule has 0 bridgehead atoms. The van der Waals surface area contributed by atoms with Crippen LogP contribution in [0.1, 0.15) is 19.2 Å². The van der Waals surface area contributed by atoms with E-state index in [2.05, 4.69) is 22.4 Å². The Kier molecular flexibility index (Phi) is 2.67. The largest absolute Gasteiger partial charge is 0.381 e. The van der Waals surface area contributed by atoms with Crippen LogP contribution in [0.2, 0.25) is 0 Å². The first kappa shape index (κ1) is 9.45. The average molecular weight is 197 g/mol. The van der Waals surface area contributed by atoms with E-state index < -0.39 is 0 Å². The highest BCUT2D eigenvalue weighted by Gasteiger charge is 2.23. The Morgan fingerprint density at radius 3 is 3.00 bits per heavy atom. The van der Waals surface area contributed by atoms with Crippen molar-refractivity contribution in [1.82, 2.24) is 10.1 Å². The second-order valence-electron chi connectivity index (χ2n) is 3.70. The second kappa shape index (κ2) is 3.96. The van der Waals surface area contributed by atoms with Crippen molar-refractivity contribution in [3.8, 4) is 0 Å². The molecule has 1 aliphatic rings. The number of hydrogen-bond donors (Lipinski definition) is 1. The Labute approximate surface area is 82.8 Å². The van der Waals surface area contributed by atoms with Crippen LogP contribution in [0.25, 0.3) is 0 Å². The highest BCUT2D eigenvalue weighted by atomic mass is 16.5. The SMILES string of the molecule is Cc1noc(NC(C)C2CCOC2)n1. The average Bonchev–Trinajstić information content (AvgIpc) is 2.75. The van der Waals surface area contributed by atoms with E-state index in [1.54, 1.807) is 6.92 Å². The zero-order chi connectivity index (χ0) is 9.97. The minimum atomic E-state index is 0.317. The van der Waals surface area contributed by atoms with Gasteiger partial charge in [0.05, 0.1) is 6.61 Å². The Balaban J connectivity index is 1.90. The minimum Gasteiger partial charge on any atom is -0.381 e. The van der Waals surface area contributed by atoms with Crippen LogP contribution < -0.4 is 5.32 Å². The number of ether oxygens (including phenoxy) is 1. The van der Waals surface area contributed by atoms with E-state index in [4.69, 9.17) is 9.26 Å². The fourth-order valence-corrected chi connectivity index (χ4v) is 1.62. The maximum Gasteiger partial charge on any atom is 0.321 e. The van der Waals surface area contributed by atoms with Gasteiger partial charge >= 0.3 is 6.01 Å². The molecule has 5 nitrogen and oxygen atoms in total. The van der Waals surface area contributed by atoms with Gasteiger partial charge in [-0.05, 0) is 20.3 Å². The van der Waals surface area contributed by atoms with Gasteiger partial charge in [0.1, 0.15) is 0 Å². The van der Waals surface area contributed by atoms with E-state index >= 15 is 0 Å². The maximum atomic E-state index is 5.31. The summed E-state index contributed by atoms with van der Waals surface area (Å²) in [4.78, 5) is 4.09. The predicted octanol–water partition coefficient (Wildman–Crippen LogP) is 1.21. The topological polar surface area (TPSA) is 60.2 Å². The molecule has 1 aliphatic heterocycles. The quantitative estimate of drug-likeness (QED) is 0.789. The summed E-state index contributed by atoms with van der Waals surface area (Å²) < 4.78 is 10.3. The summed E-state index contributed by atoms with van der Waals surface area (Å²) in [5.74, 6) is 1.20. The zero-order valence-electron chi connectivity index (χ0n) is 8.49. The number of rotatable bonds is 3. The Hall–Kier alpha value is -1.10. The smallest absolute Gasteiger partial charge is 0.321 e. The molecule has 14 heavy (non-hydrogen) atoms. The van der Waals surface area contributed by atoms with Crippen LogP contribution in [0.5, 0.6) is 0 Å². The van der Waals surface area contributed by atoms with Crippen molar-refractivity contribution in [3.05, 3.63) is 5.82 Å². The van der Waals surface area contributed by atoms with Gasteiger partial charge in [0.15, 0.2) is 5.82 Å². The fourth-order valence-electron chi connectivity index (χ4n) is 1.62. The van der Waals surface area contributed by atoms with Crippen LogP contribution in [0, 0.1) is 12.8 Å². The summed E-state index contributed by atoms with van der Waals surface area (Å²) in [6, 6.07) is 0.819. The van der Waals surface area contributed by atoms with Gasteiger partial charge in [0, 0.05) is 18.6 Å². The summed E-state index contributed by atoms with van der Waals surface area (Å²) in [7, 11) is 0. The molecule has 0 aliphatic carbocycles. The number of aryl methyl sites for hydroxylation is 1. The van der Waals surface area contributed by atoms with E-state index in [-0.39, 0.29) is 0 Å². The molecule has 2 heterocycles. The minimum absolute atomic E-state index is 0.317. The van der Waals surface area contributed by atoms with Gasteiger partial charge in [-0.1, -0.05) is 5.16 Å². The Bertz CT molecular complexity index is 294. The third-order valence-electron chi connectivity index (χ3n) is 2.55. The predicted molar refractivity (Wildman–Crippen MR) is 51.0 cm³/mol. The molecule has 2 unspecified atom stereocenters. The van der Waals surface area contributed by atoms with Crippen molar-refractivity contribution in [2.45, 2.75) is 26.3 Å². The molecule has 1 N–H and O–H groups in total. The van der Waals surface area contributed by atoms with Crippen molar-refractivity contribution in [1.29, 1.82) is 0 Å². The van der Waals surface area contributed by atoms with E-state index in [9.17, 15) is 0 Å². The second-order valence-corrected chi connectivity index (χ2v) is 3.70. The standard InChI is InChI=1S/C9H15N3O2/c1-6(8-3-4-13-5-8)10-9-11-7(2)12-14-9/h6,8H,3-5H2,1-2H3,(H,10,11,12). The van der Waals surface area contributed by atoms with Crippen molar-refractivity contribution >= 4 is 6.01 Å². The summed E-state index contributed by atoms with van der Waals surface area (Å²) in [6.45, 7) is 5.59. The molecular weight excluding hydrogens is 182 g/mol. The third-order valence-corrected chi connectivity index (χ3v) is 2.55. The van der Waals surface area contributed by atoms with Gasteiger partial charge in [-0.25, -0.2) is 0 Å². The normalized spacial score (nSPS) is 23.7. The first-order valence-corrected chi connectivity index (χ1v) is 4.90. The number of aromatic nitrogens is 2. The van der Waals surface area contributed by atoms with E-state index in [1.165, 1.54) is 0 Å². The van der Waals surface area contributed by atoms with Gasteiger partial charge in [-0.2, -0.15) is 4.98 Å². The lowest BCUT2D eigenvalue weighted by molar-refractivity contribution is 0.183. The summed E-state index contributed by atoms with van der Waals surface area (Å²) >= 11 is 0. The molecule has 1 aromatic heterocycles. The first-order chi connectivity index (χ1) is 6.75. The lowest BCUT2D eigenvalue weighted by Crippen LogP contribution is -2.26. The van der Waals surface area contributed by atoms with Crippen LogP contribution in [0.15, 0.2) is 4.52 Å². The van der Waals surface area contributed by atoms with Crippen molar-refractivity contribution in [2.24, 2.45) is 5.92 Å². The van der Waals surface area contributed by atoms with E-state index in [0.717, 1.165) is 19.6 Å². The molecule has 0 saturated carbocycles. The van der Waals surface area contributed by atoms with Crippen LogP contribution >= 0.6 is 0 Å². The molecule has 0 aromatic carbocycles. The molecule has 0 spiro atoms. The van der Waals surface area contributed by atoms with Crippen LogP contribution in [-0.2, 0) is 4.74 Å². The van der Waals surface area contributed by atoms with Gasteiger partial charge in [-0.15, -0.1) is 0 Å². The molecule has 0 radical (unpaired) electrons. The fraction of sp³-hybridized carbons (Fsp3) is 0.778. The summed E-state index contributed by atoms with van der Waals surface area (Å²) in [5.41, 5.74) is 0. The third kappa shape index (κ3) is 2.04. The first-order valence-electron chi connectivity index (χ1n) is 4.90. The van der Waals surface area contributed by atoms with Crippen molar-refractivity contribution < 1.29 is 9.26 Å². The van der Waals surface area contributed by atoms with Gasteiger partial charge in [-0.3, -0.25) is 0 Å². The molecule has 1 fully saturated rings. The van der Waals surface area contributed by atoms with Gasteiger partial charge in [0.25, 0.3) is 0 Å². The molecule has 2 atom stereocenters. The van der Waals surface area contributed by atoms with Crippen molar-refractivity contribution in [3.63, 3.8) is 0 Å². The highest BCUT2D eigenvalue weighted by Crippen LogP contribution is 2.19. The van der Waals surface area contributed by atoms with E-state index in [0.29, 0.717) is 23.8 Å². The van der Waals surface area contributed by atoms with Crippen LogP contribution in [0.4, 0.5) is 6.01 Å². The monoisotopic (exact) mass is 197 g/mol. The molecule has 2 rings (SSSR count). The number of nitrogens with zero attached hydrogens (tertiary/aromatic N) is 2. The summed E-state index contributed by atoms with van der Waals surface area (Å²) in [6.07, 6.45) is 1.10. The maximum absolute atomic E-state index is 5.31. The van der Waals surface area contributed by atoms with Gasteiger partial charge in [0.2, 0.25) is 0 Å².